The summed E-state index contributed by atoms with van der Waals surface area (Å²) in [5.74, 6) is 0.122. The van der Waals surface area contributed by atoms with Gasteiger partial charge in [-0.1, -0.05) is 94.4 Å². The molecule has 6 rings (SSSR count). The first-order valence-electron chi connectivity index (χ1n) is 12.0. The number of carbonyl (C=O) groups is 1. The first-order valence-corrected chi connectivity index (χ1v) is 12.0. The maximum Gasteiger partial charge on any atom is 0.193 e. The van der Waals surface area contributed by atoms with Crippen molar-refractivity contribution < 1.29 is 4.79 Å². The summed E-state index contributed by atoms with van der Waals surface area (Å²) < 4.78 is 0. The summed E-state index contributed by atoms with van der Waals surface area (Å²) in [6.45, 7) is 9.02. The quantitative estimate of drug-likeness (QED) is 0.301. The lowest BCUT2D eigenvalue weighted by Crippen LogP contribution is -2.31. The molecule has 0 bridgehead atoms. The Labute approximate surface area is 201 Å². The summed E-state index contributed by atoms with van der Waals surface area (Å²) in [7, 11) is 2.15. The molecule has 34 heavy (non-hydrogen) atoms. The molecule has 0 aromatic heterocycles. The fraction of sp³-hybridized carbons (Fsp3) is 0.219. The van der Waals surface area contributed by atoms with Gasteiger partial charge in [-0.3, -0.25) is 4.79 Å². The minimum absolute atomic E-state index is 0.0729. The second-order valence-electron chi connectivity index (χ2n) is 10.7. The van der Waals surface area contributed by atoms with Crippen LogP contribution in [0.2, 0.25) is 0 Å². The minimum atomic E-state index is -0.206. The van der Waals surface area contributed by atoms with E-state index in [0.717, 1.165) is 33.4 Å². The van der Waals surface area contributed by atoms with Gasteiger partial charge in [0.05, 0.1) is 0 Å². The molecule has 4 aromatic carbocycles. The van der Waals surface area contributed by atoms with Crippen molar-refractivity contribution >= 4 is 17.2 Å². The van der Waals surface area contributed by atoms with Crippen LogP contribution in [0.4, 0.5) is 11.4 Å². The largest absolute Gasteiger partial charge is 0.344 e. The van der Waals surface area contributed by atoms with Crippen LogP contribution in [0.5, 0.6) is 0 Å². The lowest BCUT2D eigenvalue weighted by atomic mass is 9.68. The standard InChI is InChI=1S/C32H29NO/c1-31(2)24-11-7-6-10-22(24)30(34)23-18-20(14-16-25(23)31)21-15-17-27-29(19-21)33(5)28-13-9-8-12-26(28)32(27,3)4/h6-19H,1-5H3. The van der Waals surface area contributed by atoms with Crippen LogP contribution < -0.4 is 4.90 Å². The maximum absolute atomic E-state index is 13.5. The predicted molar refractivity (Wildman–Crippen MR) is 141 cm³/mol. The van der Waals surface area contributed by atoms with Gasteiger partial charge in [-0.2, -0.15) is 0 Å². The van der Waals surface area contributed by atoms with Crippen molar-refractivity contribution in [3.05, 3.63) is 118 Å². The smallest absolute Gasteiger partial charge is 0.193 e. The molecular formula is C32H29NO. The summed E-state index contributed by atoms with van der Waals surface area (Å²) in [4.78, 5) is 15.8. The van der Waals surface area contributed by atoms with Crippen molar-refractivity contribution in [2.24, 2.45) is 0 Å². The van der Waals surface area contributed by atoms with E-state index in [1.807, 2.05) is 18.2 Å². The fourth-order valence-corrected chi connectivity index (χ4v) is 6.06. The molecule has 0 unspecified atom stereocenters. The molecular weight excluding hydrogens is 414 g/mol. The Kier molecular flexibility index (Phi) is 4.26. The molecule has 0 saturated heterocycles. The van der Waals surface area contributed by atoms with Crippen molar-refractivity contribution in [2.75, 3.05) is 11.9 Å². The van der Waals surface area contributed by atoms with Crippen LogP contribution >= 0.6 is 0 Å². The third kappa shape index (κ3) is 2.72. The molecule has 2 heteroatoms. The van der Waals surface area contributed by atoms with E-state index in [1.165, 1.54) is 22.5 Å². The molecule has 0 amide bonds. The minimum Gasteiger partial charge on any atom is -0.344 e. The van der Waals surface area contributed by atoms with Gasteiger partial charge in [0.2, 0.25) is 0 Å². The summed E-state index contributed by atoms with van der Waals surface area (Å²) in [6.07, 6.45) is 0. The zero-order valence-electron chi connectivity index (χ0n) is 20.4. The number of carbonyl (C=O) groups excluding carboxylic acids is 1. The van der Waals surface area contributed by atoms with E-state index < -0.39 is 0 Å². The highest BCUT2D eigenvalue weighted by atomic mass is 16.1. The second kappa shape index (κ2) is 6.93. The third-order valence-corrected chi connectivity index (χ3v) is 8.09. The van der Waals surface area contributed by atoms with Crippen LogP contribution in [0, 0.1) is 0 Å². The molecule has 4 aromatic rings. The van der Waals surface area contributed by atoms with Crippen molar-refractivity contribution in [1.29, 1.82) is 0 Å². The van der Waals surface area contributed by atoms with Gasteiger partial charge in [0.25, 0.3) is 0 Å². The van der Waals surface area contributed by atoms with Crippen molar-refractivity contribution in [2.45, 2.75) is 38.5 Å². The van der Waals surface area contributed by atoms with Gasteiger partial charge in [0.1, 0.15) is 0 Å². The van der Waals surface area contributed by atoms with Crippen molar-refractivity contribution in [1.82, 2.24) is 0 Å². The number of anilines is 2. The number of hydrogen-bond acceptors (Lipinski definition) is 2. The van der Waals surface area contributed by atoms with Gasteiger partial charge in [0, 0.05) is 40.4 Å². The van der Waals surface area contributed by atoms with E-state index in [2.05, 4.69) is 106 Å². The van der Waals surface area contributed by atoms with Gasteiger partial charge in [0.15, 0.2) is 5.78 Å². The summed E-state index contributed by atoms with van der Waals surface area (Å²) in [5, 5.41) is 0. The SMILES string of the molecule is CN1c2ccccc2C(C)(C)c2ccc(-c3ccc4c(c3)C(=O)c3ccccc3C4(C)C)cc21. The average molecular weight is 444 g/mol. The molecule has 0 N–H and O–H groups in total. The Bertz CT molecular complexity index is 1490. The van der Waals surface area contributed by atoms with Gasteiger partial charge in [-0.05, 0) is 51.6 Å². The number of fused-ring (bicyclic) bond motifs is 4. The van der Waals surface area contributed by atoms with Gasteiger partial charge < -0.3 is 4.90 Å². The van der Waals surface area contributed by atoms with E-state index >= 15 is 0 Å². The van der Waals surface area contributed by atoms with Crippen LogP contribution in [0.25, 0.3) is 11.1 Å². The molecule has 0 radical (unpaired) electrons. The Morgan fingerprint density at radius 3 is 1.85 bits per heavy atom. The molecule has 1 heterocycles. The zero-order chi connectivity index (χ0) is 23.8. The summed E-state index contributed by atoms with van der Waals surface area (Å²) in [6, 6.07) is 29.9. The summed E-state index contributed by atoms with van der Waals surface area (Å²) >= 11 is 0. The van der Waals surface area contributed by atoms with Crippen LogP contribution in [-0.4, -0.2) is 12.8 Å². The third-order valence-electron chi connectivity index (χ3n) is 8.09. The first kappa shape index (κ1) is 20.9. The number of nitrogens with zero attached hydrogens (tertiary/aromatic N) is 1. The Balaban J connectivity index is 1.49. The van der Waals surface area contributed by atoms with Crippen molar-refractivity contribution in [3.8, 4) is 11.1 Å². The number of rotatable bonds is 1. The van der Waals surface area contributed by atoms with E-state index in [4.69, 9.17) is 0 Å². The maximum atomic E-state index is 13.5. The number of para-hydroxylation sites is 1. The molecule has 0 spiro atoms. The van der Waals surface area contributed by atoms with Gasteiger partial charge in [-0.25, -0.2) is 0 Å². The highest BCUT2D eigenvalue weighted by Crippen LogP contribution is 2.49. The molecule has 0 saturated carbocycles. The number of benzene rings is 4. The van der Waals surface area contributed by atoms with E-state index in [-0.39, 0.29) is 16.6 Å². The topological polar surface area (TPSA) is 20.3 Å². The molecule has 2 aliphatic rings. The van der Waals surface area contributed by atoms with E-state index in [9.17, 15) is 4.79 Å². The Hall–Kier alpha value is -3.65. The molecule has 1 aliphatic carbocycles. The lowest BCUT2D eigenvalue weighted by Gasteiger charge is -2.40. The molecule has 2 nitrogen and oxygen atoms in total. The predicted octanol–water partition coefficient (Wildman–Crippen LogP) is 7.63. The molecule has 168 valence electrons. The molecule has 1 aliphatic heterocycles. The monoisotopic (exact) mass is 443 g/mol. The summed E-state index contributed by atoms with van der Waals surface area (Å²) in [5.41, 5.74) is 10.9. The van der Waals surface area contributed by atoms with Crippen LogP contribution in [0.3, 0.4) is 0 Å². The van der Waals surface area contributed by atoms with Gasteiger partial charge in [-0.15, -0.1) is 0 Å². The van der Waals surface area contributed by atoms with Crippen LogP contribution in [0.1, 0.15) is 65.9 Å². The number of hydrogen-bond donors (Lipinski definition) is 0. The van der Waals surface area contributed by atoms with Crippen LogP contribution in [0.15, 0.2) is 84.9 Å². The van der Waals surface area contributed by atoms with Crippen molar-refractivity contribution in [3.63, 3.8) is 0 Å². The zero-order valence-corrected chi connectivity index (χ0v) is 20.4. The van der Waals surface area contributed by atoms with E-state index in [1.54, 1.807) is 0 Å². The number of ketones is 1. The Morgan fingerprint density at radius 2 is 1.09 bits per heavy atom. The lowest BCUT2D eigenvalue weighted by molar-refractivity contribution is 0.103. The molecule has 0 atom stereocenters. The normalized spacial score (nSPS) is 16.9. The average Bonchev–Trinajstić information content (AvgIpc) is 2.86. The highest BCUT2D eigenvalue weighted by molar-refractivity contribution is 6.13. The first-order chi connectivity index (χ1) is 16.2. The van der Waals surface area contributed by atoms with Gasteiger partial charge >= 0.3 is 0 Å². The highest BCUT2D eigenvalue weighted by Gasteiger charge is 2.37. The fourth-order valence-electron chi connectivity index (χ4n) is 6.06. The van der Waals surface area contributed by atoms with Crippen LogP contribution in [-0.2, 0) is 10.8 Å². The molecule has 0 fully saturated rings. The Morgan fingerprint density at radius 1 is 0.559 bits per heavy atom. The van der Waals surface area contributed by atoms with E-state index in [0.29, 0.717) is 0 Å². The second-order valence-corrected chi connectivity index (χ2v) is 10.7.